The Morgan fingerprint density at radius 3 is 2.72 bits per heavy atom. The summed E-state index contributed by atoms with van der Waals surface area (Å²) in [5.74, 6) is -0.617. The number of carboxylic acids is 1. The van der Waals surface area contributed by atoms with Gasteiger partial charge in [0.1, 0.15) is 11.5 Å². The first-order valence-corrected chi connectivity index (χ1v) is 5.03. The van der Waals surface area contributed by atoms with Gasteiger partial charge in [-0.2, -0.15) is 0 Å². The number of carboxylic acid groups (broad SMARTS) is 1. The molecule has 0 unspecified atom stereocenters. The van der Waals surface area contributed by atoms with Crippen LogP contribution >= 0.6 is 0 Å². The maximum Gasteiger partial charge on any atom is 0.335 e. The monoisotopic (exact) mass is 247 g/mol. The van der Waals surface area contributed by atoms with Crippen LogP contribution in [0.15, 0.2) is 30.6 Å². The second-order valence-corrected chi connectivity index (χ2v) is 3.61. The van der Waals surface area contributed by atoms with Gasteiger partial charge in [0.05, 0.1) is 10.5 Å². The molecule has 7 nitrogen and oxygen atoms in total. The first-order valence-electron chi connectivity index (χ1n) is 5.03. The summed E-state index contributed by atoms with van der Waals surface area (Å²) in [4.78, 5) is 25.1. The van der Waals surface area contributed by atoms with Crippen LogP contribution in [0.1, 0.15) is 16.2 Å². The van der Waals surface area contributed by atoms with E-state index in [1.54, 1.807) is 13.1 Å². The van der Waals surface area contributed by atoms with Crippen molar-refractivity contribution in [2.45, 2.75) is 6.92 Å². The zero-order valence-electron chi connectivity index (χ0n) is 9.40. The molecule has 0 fully saturated rings. The minimum absolute atomic E-state index is 0.122. The number of nitrogens with zero attached hydrogens (tertiary/aromatic N) is 3. The van der Waals surface area contributed by atoms with E-state index in [4.69, 9.17) is 5.11 Å². The highest BCUT2D eigenvalue weighted by Crippen LogP contribution is 2.25. The fraction of sp³-hybridized carbons (Fsp3) is 0.0909. The van der Waals surface area contributed by atoms with Gasteiger partial charge in [-0.05, 0) is 19.1 Å². The van der Waals surface area contributed by atoms with Crippen LogP contribution in [-0.2, 0) is 0 Å². The lowest BCUT2D eigenvalue weighted by atomic mass is 10.1. The van der Waals surface area contributed by atoms with Crippen LogP contribution in [0.4, 0.5) is 5.69 Å². The van der Waals surface area contributed by atoms with Crippen LogP contribution in [0.2, 0.25) is 0 Å². The number of aryl methyl sites for hydroxylation is 1. The molecule has 0 aliphatic heterocycles. The molecule has 1 aromatic heterocycles. The van der Waals surface area contributed by atoms with Crippen LogP contribution < -0.4 is 0 Å². The molecule has 0 saturated carbocycles. The minimum Gasteiger partial charge on any atom is -0.478 e. The average Bonchev–Trinajstić information content (AvgIpc) is 2.74. The second kappa shape index (κ2) is 4.28. The number of nitro benzene ring substituents is 1. The van der Waals surface area contributed by atoms with E-state index in [0.717, 1.165) is 6.07 Å². The third kappa shape index (κ3) is 1.93. The Morgan fingerprint density at radius 2 is 2.22 bits per heavy atom. The zero-order chi connectivity index (χ0) is 13.3. The number of nitro groups is 1. The van der Waals surface area contributed by atoms with E-state index >= 15 is 0 Å². The summed E-state index contributed by atoms with van der Waals surface area (Å²) in [6.45, 7) is 1.70. The molecule has 1 heterocycles. The molecule has 92 valence electrons. The van der Waals surface area contributed by atoms with Crippen molar-refractivity contribution < 1.29 is 14.8 Å². The van der Waals surface area contributed by atoms with Crippen molar-refractivity contribution in [3.63, 3.8) is 0 Å². The maximum absolute atomic E-state index is 11.0. The largest absolute Gasteiger partial charge is 0.478 e. The van der Waals surface area contributed by atoms with Gasteiger partial charge in [0, 0.05) is 18.5 Å². The van der Waals surface area contributed by atoms with Crippen LogP contribution in [0.3, 0.4) is 0 Å². The fourth-order valence-corrected chi connectivity index (χ4v) is 1.64. The molecular formula is C11H9N3O4. The van der Waals surface area contributed by atoms with Crippen molar-refractivity contribution >= 4 is 11.7 Å². The van der Waals surface area contributed by atoms with Crippen LogP contribution in [0, 0.1) is 17.0 Å². The van der Waals surface area contributed by atoms with Gasteiger partial charge in [0.2, 0.25) is 0 Å². The summed E-state index contributed by atoms with van der Waals surface area (Å²) >= 11 is 0. The van der Waals surface area contributed by atoms with Gasteiger partial charge in [-0.25, -0.2) is 9.78 Å². The topological polar surface area (TPSA) is 98.3 Å². The molecule has 0 saturated heterocycles. The highest BCUT2D eigenvalue weighted by molar-refractivity contribution is 5.89. The summed E-state index contributed by atoms with van der Waals surface area (Å²) < 4.78 is 1.53. The predicted octanol–water partition coefficient (Wildman–Crippen LogP) is 1.79. The highest BCUT2D eigenvalue weighted by Gasteiger charge is 2.19. The number of aromatic carboxylic acids is 1. The summed E-state index contributed by atoms with van der Waals surface area (Å²) in [6.07, 6.45) is 3.10. The standard InChI is InChI=1S/C11H9N3O4/c1-7-12-4-5-13(7)9-3-2-8(11(15)16)6-10(9)14(17)18/h2-6H,1H3,(H,15,16). The SMILES string of the molecule is Cc1nccn1-c1ccc(C(=O)O)cc1[N+](=O)[O-]. The van der Waals surface area contributed by atoms with Gasteiger partial charge in [-0.3, -0.25) is 14.7 Å². The molecule has 1 aromatic carbocycles. The third-order valence-electron chi connectivity index (χ3n) is 2.50. The van der Waals surface area contributed by atoms with Gasteiger partial charge < -0.3 is 5.11 Å². The number of hydrogen-bond acceptors (Lipinski definition) is 4. The van der Waals surface area contributed by atoms with E-state index in [0.29, 0.717) is 11.5 Å². The highest BCUT2D eigenvalue weighted by atomic mass is 16.6. The number of hydrogen-bond donors (Lipinski definition) is 1. The molecule has 0 amide bonds. The summed E-state index contributed by atoms with van der Waals surface area (Å²) in [6, 6.07) is 3.76. The number of rotatable bonds is 3. The molecule has 0 aliphatic rings. The Bertz CT molecular complexity index is 633. The van der Waals surface area contributed by atoms with Crippen molar-refractivity contribution in [2.24, 2.45) is 0 Å². The number of benzene rings is 1. The zero-order valence-corrected chi connectivity index (χ0v) is 9.40. The Hall–Kier alpha value is -2.70. The molecule has 0 aliphatic carbocycles. The second-order valence-electron chi connectivity index (χ2n) is 3.61. The molecule has 0 radical (unpaired) electrons. The molecule has 2 aromatic rings. The van der Waals surface area contributed by atoms with E-state index in [-0.39, 0.29) is 11.3 Å². The van der Waals surface area contributed by atoms with E-state index in [9.17, 15) is 14.9 Å². The lowest BCUT2D eigenvalue weighted by Crippen LogP contribution is -2.04. The van der Waals surface area contributed by atoms with E-state index < -0.39 is 10.9 Å². The minimum atomic E-state index is -1.20. The summed E-state index contributed by atoms with van der Waals surface area (Å²) in [5.41, 5.74) is -0.0979. The number of aromatic nitrogens is 2. The van der Waals surface area contributed by atoms with Crippen molar-refractivity contribution in [3.05, 3.63) is 52.1 Å². The van der Waals surface area contributed by atoms with Gasteiger partial charge >= 0.3 is 5.97 Å². The molecule has 1 N–H and O–H groups in total. The number of carbonyl (C=O) groups is 1. The predicted molar refractivity (Wildman–Crippen MR) is 61.9 cm³/mol. The van der Waals surface area contributed by atoms with E-state index in [1.807, 2.05) is 0 Å². The Kier molecular flexibility index (Phi) is 2.80. The normalized spacial score (nSPS) is 10.3. The lowest BCUT2D eigenvalue weighted by Gasteiger charge is -2.06. The number of imidazole rings is 1. The molecular weight excluding hydrogens is 238 g/mol. The molecule has 7 heteroatoms. The van der Waals surface area contributed by atoms with Gasteiger partial charge in [-0.1, -0.05) is 0 Å². The molecule has 18 heavy (non-hydrogen) atoms. The quantitative estimate of drug-likeness (QED) is 0.658. The Balaban J connectivity index is 2.65. The Morgan fingerprint density at radius 1 is 1.50 bits per heavy atom. The fourth-order valence-electron chi connectivity index (χ4n) is 1.64. The van der Waals surface area contributed by atoms with Crippen molar-refractivity contribution in [1.82, 2.24) is 9.55 Å². The Labute approximate surface area is 101 Å². The van der Waals surface area contributed by atoms with E-state index in [1.165, 1.54) is 22.9 Å². The first-order chi connectivity index (χ1) is 8.50. The third-order valence-corrected chi connectivity index (χ3v) is 2.50. The smallest absolute Gasteiger partial charge is 0.335 e. The molecule has 0 spiro atoms. The first kappa shape index (κ1) is 11.8. The van der Waals surface area contributed by atoms with Crippen LogP contribution in [0.5, 0.6) is 0 Å². The van der Waals surface area contributed by atoms with Gasteiger partial charge in [0.15, 0.2) is 0 Å². The van der Waals surface area contributed by atoms with Crippen LogP contribution in [0.25, 0.3) is 5.69 Å². The summed E-state index contributed by atoms with van der Waals surface area (Å²) in [7, 11) is 0. The molecule has 0 atom stereocenters. The molecule has 2 rings (SSSR count). The van der Waals surface area contributed by atoms with E-state index in [2.05, 4.69) is 4.98 Å². The van der Waals surface area contributed by atoms with Gasteiger partial charge in [-0.15, -0.1) is 0 Å². The maximum atomic E-state index is 11.0. The van der Waals surface area contributed by atoms with Gasteiger partial charge in [0.25, 0.3) is 5.69 Å². The lowest BCUT2D eigenvalue weighted by molar-refractivity contribution is -0.384. The average molecular weight is 247 g/mol. The van der Waals surface area contributed by atoms with Crippen molar-refractivity contribution in [3.8, 4) is 5.69 Å². The summed E-state index contributed by atoms with van der Waals surface area (Å²) in [5, 5.41) is 19.8. The molecule has 0 bridgehead atoms. The van der Waals surface area contributed by atoms with Crippen molar-refractivity contribution in [2.75, 3.05) is 0 Å². The van der Waals surface area contributed by atoms with Crippen molar-refractivity contribution in [1.29, 1.82) is 0 Å². The van der Waals surface area contributed by atoms with Crippen LogP contribution in [-0.4, -0.2) is 25.6 Å².